The number of hydrogen-bond acceptors (Lipinski definition) is 0. The third-order valence-electron chi connectivity index (χ3n) is 3.00. The van der Waals surface area contributed by atoms with Gasteiger partial charge < -0.3 is 0 Å². The second-order valence-electron chi connectivity index (χ2n) is 4.55. The topological polar surface area (TPSA) is 0 Å². The monoisotopic (exact) mass is 222 g/mol. The molecule has 0 aromatic carbocycles. The molecular weight excluding hydrogens is 192 g/mol. The van der Waals surface area contributed by atoms with E-state index in [0.717, 1.165) is 18.8 Å². The Morgan fingerprint density at radius 1 is 0.938 bits per heavy atom. The lowest BCUT2D eigenvalue weighted by molar-refractivity contribution is 0.495. The van der Waals surface area contributed by atoms with Crippen LogP contribution in [0, 0.1) is 5.92 Å². The molecule has 0 aliphatic heterocycles. The molecule has 0 aromatic rings. The number of unbranched alkanes of at least 4 members (excludes halogenated alkanes) is 1. The van der Waals surface area contributed by atoms with Crippen molar-refractivity contribution in [1.82, 2.24) is 0 Å². The van der Waals surface area contributed by atoms with E-state index in [1.54, 1.807) is 5.57 Å². The predicted molar refractivity (Wildman–Crippen MR) is 75.7 cm³/mol. The average Bonchev–Trinajstić information content (AvgIpc) is 2.30. The van der Waals surface area contributed by atoms with Crippen molar-refractivity contribution in [1.29, 1.82) is 0 Å². The maximum atomic E-state index is 2.42. The zero-order valence-electron chi connectivity index (χ0n) is 11.8. The molecule has 0 heteroatoms. The van der Waals surface area contributed by atoms with Crippen molar-refractivity contribution in [3.63, 3.8) is 0 Å². The van der Waals surface area contributed by atoms with Crippen molar-refractivity contribution in [2.24, 2.45) is 5.92 Å². The Labute approximate surface area is 103 Å². The Morgan fingerprint density at radius 3 is 2.19 bits per heavy atom. The lowest BCUT2D eigenvalue weighted by Crippen LogP contribution is -2.03. The zero-order chi connectivity index (χ0) is 12.2. The highest BCUT2D eigenvalue weighted by atomic mass is 14.1. The molecule has 0 spiro atoms. The van der Waals surface area contributed by atoms with E-state index in [0.29, 0.717) is 0 Å². The normalized spacial score (nSPS) is 14.6. The van der Waals surface area contributed by atoms with Crippen LogP contribution in [0.1, 0.15) is 72.6 Å². The van der Waals surface area contributed by atoms with Gasteiger partial charge in [-0.05, 0) is 37.2 Å². The maximum absolute atomic E-state index is 2.42. The van der Waals surface area contributed by atoms with E-state index in [9.17, 15) is 0 Å². The van der Waals surface area contributed by atoms with Crippen LogP contribution >= 0.6 is 0 Å². The molecule has 0 saturated carbocycles. The van der Waals surface area contributed by atoms with Crippen LogP contribution in [0.4, 0.5) is 0 Å². The molecule has 0 bridgehead atoms. The minimum atomic E-state index is 0.799. The average molecular weight is 222 g/mol. The van der Waals surface area contributed by atoms with Crippen LogP contribution in [0.3, 0.4) is 0 Å². The molecule has 0 fully saturated rings. The molecule has 1 unspecified atom stereocenters. The fourth-order valence-electron chi connectivity index (χ4n) is 2.14. The summed E-state index contributed by atoms with van der Waals surface area (Å²) in [5, 5.41) is 0. The highest BCUT2D eigenvalue weighted by molar-refractivity contribution is 5.21. The van der Waals surface area contributed by atoms with Gasteiger partial charge in [-0.25, -0.2) is 0 Å². The van der Waals surface area contributed by atoms with Crippen molar-refractivity contribution in [2.45, 2.75) is 72.6 Å². The molecule has 94 valence electrons. The Bertz CT molecular complexity index is 198. The molecular formula is C16H30. The minimum absolute atomic E-state index is 0.799. The second-order valence-corrected chi connectivity index (χ2v) is 4.55. The third-order valence-corrected chi connectivity index (χ3v) is 3.00. The van der Waals surface area contributed by atoms with E-state index in [1.165, 1.54) is 32.1 Å². The fourth-order valence-corrected chi connectivity index (χ4v) is 2.14. The molecule has 16 heavy (non-hydrogen) atoms. The number of rotatable bonds is 9. The van der Waals surface area contributed by atoms with Gasteiger partial charge in [-0.3, -0.25) is 0 Å². The third kappa shape index (κ3) is 6.87. The first-order valence-corrected chi connectivity index (χ1v) is 7.16. The highest BCUT2D eigenvalue weighted by Crippen LogP contribution is 2.25. The van der Waals surface area contributed by atoms with Crippen LogP contribution in [0.5, 0.6) is 0 Å². The van der Waals surface area contributed by atoms with E-state index in [2.05, 4.69) is 45.9 Å². The van der Waals surface area contributed by atoms with Crippen molar-refractivity contribution in [3.05, 3.63) is 23.8 Å². The van der Waals surface area contributed by atoms with Gasteiger partial charge in [0.25, 0.3) is 0 Å². The van der Waals surface area contributed by atoms with E-state index in [4.69, 9.17) is 0 Å². The summed E-state index contributed by atoms with van der Waals surface area (Å²) in [6.45, 7) is 9.03. The summed E-state index contributed by atoms with van der Waals surface area (Å²) in [5.41, 5.74) is 1.58. The van der Waals surface area contributed by atoms with Gasteiger partial charge in [-0.1, -0.05) is 65.2 Å². The van der Waals surface area contributed by atoms with Crippen LogP contribution in [-0.2, 0) is 0 Å². The van der Waals surface area contributed by atoms with Crippen molar-refractivity contribution in [3.8, 4) is 0 Å². The van der Waals surface area contributed by atoms with Gasteiger partial charge in [0.05, 0.1) is 0 Å². The van der Waals surface area contributed by atoms with Gasteiger partial charge in [-0.15, -0.1) is 0 Å². The maximum Gasteiger partial charge on any atom is -0.0165 e. The quantitative estimate of drug-likeness (QED) is 0.426. The fraction of sp³-hybridized carbons (Fsp3) is 0.750. The molecule has 0 N–H and O–H groups in total. The first-order chi connectivity index (χ1) is 7.79. The summed E-state index contributed by atoms with van der Waals surface area (Å²) in [7, 11) is 0. The minimum Gasteiger partial charge on any atom is -0.0845 e. The van der Waals surface area contributed by atoms with Crippen LogP contribution < -0.4 is 0 Å². The second kappa shape index (κ2) is 11.0. The highest BCUT2D eigenvalue weighted by Gasteiger charge is 2.10. The summed E-state index contributed by atoms with van der Waals surface area (Å²) in [5.74, 6) is 0.799. The molecule has 0 rings (SSSR count). The van der Waals surface area contributed by atoms with E-state index in [1.807, 2.05) is 0 Å². The van der Waals surface area contributed by atoms with Gasteiger partial charge in [0.15, 0.2) is 0 Å². The molecule has 0 saturated heterocycles. The van der Waals surface area contributed by atoms with Gasteiger partial charge in [-0.2, -0.15) is 0 Å². The Kier molecular flexibility index (Phi) is 10.6. The van der Waals surface area contributed by atoms with Gasteiger partial charge in [0.1, 0.15) is 0 Å². The van der Waals surface area contributed by atoms with Crippen LogP contribution in [-0.4, -0.2) is 0 Å². The largest absolute Gasteiger partial charge is 0.0845 e. The number of allylic oxidation sites excluding steroid dienone is 4. The number of hydrogen-bond donors (Lipinski definition) is 0. The Balaban J connectivity index is 4.51. The Hall–Kier alpha value is -0.520. The standard InChI is InChI=1S/C16H30/c1-5-9-13-15(11-7-3)16(12-8-4)14-10-6-2/h9,11,13,16H,5-8,10,12,14H2,1-4H3/b13-9-,15-11+. The smallest absolute Gasteiger partial charge is 0.0165 e. The SMILES string of the molecule is CC/C=C\C(=C/CC)C(CCC)CCCC. The van der Waals surface area contributed by atoms with Gasteiger partial charge in [0, 0.05) is 0 Å². The molecule has 0 heterocycles. The summed E-state index contributed by atoms with van der Waals surface area (Å²) >= 11 is 0. The van der Waals surface area contributed by atoms with E-state index < -0.39 is 0 Å². The molecule has 1 atom stereocenters. The molecule has 0 radical (unpaired) electrons. The zero-order valence-corrected chi connectivity index (χ0v) is 11.8. The summed E-state index contributed by atoms with van der Waals surface area (Å²) < 4.78 is 0. The van der Waals surface area contributed by atoms with E-state index >= 15 is 0 Å². The van der Waals surface area contributed by atoms with Crippen LogP contribution in [0.25, 0.3) is 0 Å². The van der Waals surface area contributed by atoms with E-state index in [-0.39, 0.29) is 0 Å². The molecule has 0 amide bonds. The predicted octanol–water partition coefficient (Wildman–Crippen LogP) is 5.90. The van der Waals surface area contributed by atoms with Crippen molar-refractivity contribution >= 4 is 0 Å². The lowest BCUT2D eigenvalue weighted by atomic mass is 9.88. The first-order valence-electron chi connectivity index (χ1n) is 7.16. The van der Waals surface area contributed by atoms with Gasteiger partial charge >= 0.3 is 0 Å². The van der Waals surface area contributed by atoms with Crippen LogP contribution in [0.15, 0.2) is 23.8 Å². The summed E-state index contributed by atoms with van der Waals surface area (Å²) in [6.07, 6.45) is 16.1. The summed E-state index contributed by atoms with van der Waals surface area (Å²) in [4.78, 5) is 0. The van der Waals surface area contributed by atoms with Crippen molar-refractivity contribution < 1.29 is 0 Å². The van der Waals surface area contributed by atoms with Crippen LogP contribution in [0.2, 0.25) is 0 Å². The lowest BCUT2D eigenvalue weighted by Gasteiger charge is -2.17. The molecule has 0 aromatic heterocycles. The summed E-state index contributed by atoms with van der Waals surface area (Å²) in [6, 6.07) is 0. The molecule has 0 aliphatic carbocycles. The van der Waals surface area contributed by atoms with Gasteiger partial charge in [0.2, 0.25) is 0 Å². The molecule has 0 aliphatic rings. The Morgan fingerprint density at radius 2 is 1.69 bits per heavy atom. The molecule has 0 nitrogen and oxygen atoms in total. The first kappa shape index (κ1) is 15.5. The van der Waals surface area contributed by atoms with Crippen molar-refractivity contribution in [2.75, 3.05) is 0 Å².